The van der Waals surface area contributed by atoms with Crippen LogP contribution >= 0.6 is 0 Å². The van der Waals surface area contributed by atoms with Crippen LogP contribution in [0.4, 0.5) is 0 Å². The van der Waals surface area contributed by atoms with Gasteiger partial charge in [-0.05, 0) is 95.3 Å². The number of hydrogen-bond donors (Lipinski definition) is 1. The van der Waals surface area contributed by atoms with Gasteiger partial charge in [-0.3, -0.25) is 14.6 Å². The number of hydrogen-bond acceptors (Lipinski definition) is 6. The number of carbonyl (C=O) groups is 2. The third-order valence-electron chi connectivity index (χ3n) is 7.66. The zero-order valence-electron chi connectivity index (χ0n) is 26.5. The summed E-state index contributed by atoms with van der Waals surface area (Å²) in [6.45, 7) is 10.6. The molecular formula is C35H52N4O3. The van der Waals surface area contributed by atoms with Crippen molar-refractivity contribution < 1.29 is 14.0 Å². The van der Waals surface area contributed by atoms with E-state index in [-0.39, 0.29) is 6.41 Å². The number of terminal acetylenes is 1. The molecule has 0 atom stereocenters. The van der Waals surface area contributed by atoms with Crippen LogP contribution in [0.2, 0.25) is 0 Å². The molecule has 2 aliphatic rings. The van der Waals surface area contributed by atoms with E-state index in [1.54, 1.807) is 6.20 Å². The molecule has 7 heteroatoms. The van der Waals surface area contributed by atoms with E-state index in [1.807, 2.05) is 45.9 Å². The van der Waals surface area contributed by atoms with Crippen molar-refractivity contribution in [2.45, 2.75) is 98.3 Å². The van der Waals surface area contributed by atoms with Crippen molar-refractivity contribution in [2.24, 2.45) is 11.1 Å². The lowest BCUT2D eigenvalue weighted by Gasteiger charge is -2.28. The van der Waals surface area contributed by atoms with Crippen LogP contribution in [0, 0.1) is 25.2 Å². The Bertz CT molecular complexity index is 1200. The number of fused-ring (bicyclic) bond motifs is 1. The molecule has 230 valence electrons. The molecule has 1 aliphatic carbocycles. The smallest absolute Gasteiger partial charge is 0.204 e. The third kappa shape index (κ3) is 13.0. The van der Waals surface area contributed by atoms with Gasteiger partial charge in [-0.25, -0.2) is 4.98 Å². The summed E-state index contributed by atoms with van der Waals surface area (Å²) in [5.41, 5.74) is 8.08. The number of carbonyl (C=O) groups excluding carboxylic acids is 2. The van der Waals surface area contributed by atoms with Gasteiger partial charge in [0.1, 0.15) is 5.78 Å². The fraction of sp³-hybridized carbons (Fsp3) is 0.543. The highest BCUT2D eigenvalue weighted by atomic mass is 16.4. The van der Waals surface area contributed by atoms with Crippen LogP contribution in [-0.4, -0.2) is 47.2 Å². The van der Waals surface area contributed by atoms with Gasteiger partial charge < -0.3 is 15.1 Å². The Hall–Kier alpha value is -3.50. The van der Waals surface area contributed by atoms with Gasteiger partial charge in [-0.1, -0.05) is 39.7 Å². The number of piperidine rings is 1. The predicted octanol–water partition coefficient (Wildman–Crippen LogP) is 7.54. The molecule has 0 bridgehead atoms. The number of ketones is 1. The van der Waals surface area contributed by atoms with E-state index in [2.05, 4.69) is 52.6 Å². The normalized spacial score (nSPS) is 14.5. The van der Waals surface area contributed by atoms with Crippen LogP contribution in [0.25, 0.3) is 22.2 Å². The first kappa shape index (κ1) is 36.5. The van der Waals surface area contributed by atoms with Crippen LogP contribution in [0.15, 0.2) is 40.9 Å². The summed E-state index contributed by atoms with van der Waals surface area (Å²) in [7, 11) is 2.23. The van der Waals surface area contributed by atoms with Crippen LogP contribution < -0.4 is 5.73 Å². The average Bonchev–Trinajstić information content (AvgIpc) is 3.62. The fourth-order valence-electron chi connectivity index (χ4n) is 4.84. The maximum atomic E-state index is 11.3. The second kappa shape index (κ2) is 20.4. The Morgan fingerprint density at radius 1 is 1.05 bits per heavy atom. The number of Topliss-reactive ketones (excluding diaryl/α,β-unsaturated/α-hetero) is 1. The summed E-state index contributed by atoms with van der Waals surface area (Å²) in [5.74, 6) is 1.95. The molecule has 1 amide bonds. The van der Waals surface area contributed by atoms with Gasteiger partial charge >= 0.3 is 0 Å². The number of oxazole rings is 1. The molecule has 2 fully saturated rings. The SMILES string of the molecule is C#C.CC.CCC(=O)CCCCCCc1ncc(-c2ccc3nc(C)ccc3c2)o1.CN1CCC2(CC1)CC2.NC=O. The number of likely N-dealkylation sites (tertiary alicyclic amines) is 1. The Labute approximate surface area is 253 Å². The lowest BCUT2D eigenvalue weighted by Crippen LogP contribution is -2.30. The van der Waals surface area contributed by atoms with Crippen molar-refractivity contribution in [3.05, 3.63) is 48.1 Å². The van der Waals surface area contributed by atoms with Gasteiger partial charge in [0.15, 0.2) is 11.7 Å². The number of pyridine rings is 1. The summed E-state index contributed by atoms with van der Waals surface area (Å²) in [6, 6.07) is 10.3. The number of amides is 1. The standard InChI is InChI=1S/C22H26N2O2.C8H15N.C2H6.C2H2.CH3NO/c1-3-19(25)8-6-4-5-7-9-22-23-15-21(26-22)18-12-13-20-17(14-18)11-10-16(2)24-20;1-9-6-4-8(2-3-8)5-7-9;2*1-2;2-1-3/h10-15H,3-9H2,1-2H3;2-7H2,1H3;1-2H3;1-2H;1H,(H2,2,3). The number of nitrogens with zero attached hydrogens (tertiary/aromatic N) is 3. The topological polar surface area (TPSA) is 102 Å². The molecule has 0 radical (unpaired) electrons. The van der Waals surface area contributed by atoms with Crippen molar-refractivity contribution >= 4 is 23.1 Å². The number of unbranched alkanes of at least 4 members (excludes halogenated alkanes) is 3. The van der Waals surface area contributed by atoms with E-state index in [4.69, 9.17) is 9.21 Å². The Balaban J connectivity index is 0.000000452. The Morgan fingerprint density at radius 2 is 1.69 bits per heavy atom. The fourth-order valence-corrected chi connectivity index (χ4v) is 4.84. The first-order chi connectivity index (χ1) is 20.4. The van der Waals surface area contributed by atoms with Crippen molar-refractivity contribution in [3.8, 4) is 24.2 Å². The molecule has 7 nitrogen and oxygen atoms in total. The first-order valence-electron chi connectivity index (χ1n) is 15.4. The van der Waals surface area contributed by atoms with E-state index < -0.39 is 0 Å². The summed E-state index contributed by atoms with van der Waals surface area (Å²) >= 11 is 0. The molecular weight excluding hydrogens is 524 g/mol. The van der Waals surface area contributed by atoms with Crippen LogP contribution in [0.3, 0.4) is 0 Å². The van der Waals surface area contributed by atoms with E-state index in [0.29, 0.717) is 12.2 Å². The largest absolute Gasteiger partial charge is 0.441 e. The number of aromatic nitrogens is 2. The van der Waals surface area contributed by atoms with Gasteiger partial charge in [-0.15, -0.1) is 12.8 Å². The molecule has 1 spiro atoms. The zero-order chi connectivity index (χ0) is 31.4. The van der Waals surface area contributed by atoms with Crippen LogP contribution in [0.1, 0.15) is 96.6 Å². The van der Waals surface area contributed by atoms with Gasteiger partial charge in [-0.2, -0.15) is 0 Å². The Kier molecular flexibility index (Phi) is 17.7. The maximum absolute atomic E-state index is 11.3. The monoisotopic (exact) mass is 576 g/mol. The van der Waals surface area contributed by atoms with E-state index in [9.17, 15) is 4.79 Å². The summed E-state index contributed by atoms with van der Waals surface area (Å²) < 4.78 is 5.92. The molecule has 1 saturated carbocycles. The quantitative estimate of drug-likeness (QED) is 0.160. The van der Waals surface area contributed by atoms with Crippen molar-refractivity contribution in [1.82, 2.24) is 14.9 Å². The van der Waals surface area contributed by atoms with Gasteiger partial charge in [0.2, 0.25) is 6.41 Å². The number of rotatable bonds is 9. The van der Waals surface area contributed by atoms with Crippen molar-refractivity contribution in [3.63, 3.8) is 0 Å². The predicted molar refractivity (Wildman–Crippen MR) is 174 cm³/mol. The van der Waals surface area contributed by atoms with Crippen molar-refractivity contribution in [1.29, 1.82) is 0 Å². The maximum Gasteiger partial charge on any atom is 0.204 e. The van der Waals surface area contributed by atoms with Crippen LogP contribution in [0.5, 0.6) is 0 Å². The third-order valence-corrected chi connectivity index (χ3v) is 7.66. The molecule has 3 heterocycles. The highest BCUT2D eigenvalue weighted by Crippen LogP contribution is 2.53. The van der Waals surface area contributed by atoms with Gasteiger partial charge in [0.05, 0.1) is 11.7 Å². The highest BCUT2D eigenvalue weighted by molar-refractivity contribution is 5.83. The van der Waals surface area contributed by atoms with E-state index in [1.165, 1.54) is 38.8 Å². The van der Waals surface area contributed by atoms with E-state index in [0.717, 1.165) is 77.8 Å². The zero-order valence-corrected chi connectivity index (χ0v) is 26.5. The van der Waals surface area contributed by atoms with Crippen LogP contribution in [-0.2, 0) is 16.0 Å². The minimum atomic E-state index is 0.250. The average molecular weight is 577 g/mol. The number of aryl methyl sites for hydroxylation is 2. The second-order valence-corrected chi connectivity index (χ2v) is 10.7. The second-order valence-electron chi connectivity index (χ2n) is 10.7. The summed E-state index contributed by atoms with van der Waals surface area (Å²) in [5, 5.41) is 1.10. The lowest BCUT2D eigenvalue weighted by molar-refractivity contribution is -0.118. The molecule has 5 rings (SSSR count). The van der Waals surface area contributed by atoms with Gasteiger partial charge in [0.25, 0.3) is 0 Å². The number of primary amides is 1. The molecule has 42 heavy (non-hydrogen) atoms. The van der Waals surface area contributed by atoms with E-state index >= 15 is 0 Å². The number of nitrogens with two attached hydrogens (primary N) is 1. The molecule has 2 aromatic heterocycles. The molecule has 1 aromatic carbocycles. The minimum Gasteiger partial charge on any atom is -0.441 e. The molecule has 1 saturated heterocycles. The highest BCUT2D eigenvalue weighted by Gasteiger charge is 2.43. The molecule has 0 unspecified atom stereocenters. The van der Waals surface area contributed by atoms with Gasteiger partial charge in [0, 0.05) is 35.9 Å². The lowest BCUT2D eigenvalue weighted by atomic mass is 9.94. The minimum absolute atomic E-state index is 0.250. The summed E-state index contributed by atoms with van der Waals surface area (Å²) in [6.07, 6.45) is 22.5. The molecule has 3 aromatic rings. The Morgan fingerprint density at radius 3 is 2.31 bits per heavy atom. The van der Waals surface area contributed by atoms with Crippen molar-refractivity contribution in [2.75, 3.05) is 20.1 Å². The first-order valence-corrected chi connectivity index (χ1v) is 15.4. The number of benzene rings is 1. The molecule has 2 N–H and O–H groups in total. The summed E-state index contributed by atoms with van der Waals surface area (Å²) in [4.78, 5) is 31.2. The molecule has 1 aliphatic heterocycles.